The molecule has 3 rings (SSSR count). The molecule has 18 heavy (non-hydrogen) atoms. The molecular formula is C13H15BrN2O2. The van der Waals surface area contributed by atoms with Crippen molar-refractivity contribution in [2.75, 3.05) is 18.0 Å². The van der Waals surface area contributed by atoms with E-state index in [9.17, 15) is 10.1 Å². The number of nitro groups is 1. The highest BCUT2D eigenvalue weighted by molar-refractivity contribution is 9.10. The molecule has 0 aromatic heterocycles. The van der Waals surface area contributed by atoms with Crippen LogP contribution in [-0.2, 0) is 0 Å². The second-order valence-corrected chi connectivity index (χ2v) is 6.33. The predicted molar refractivity (Wildman–Crippen MR) is 73.9 cm³/mol. The molecule has 1 aliphatic carbocycles. The van der Waals surface area contributed by atoms with Gasteiger partial charge in [-0.1, -0.05) is 22.4 Å². The summed E-state index contributed by atoms with van der Waals surface area (Å²) in [7, 11) is 0. The fourth-order valence-electron chi connectivity index (χ4n) is 3.13. The molecule has 1 aromatic carbocycles. The summed E-state index contributed by atoms with van der Waals surface area (Å²) in [4.78, 5) is 13.0. The summed E-state index contributed by atoms with van der Waals surface area (Å²) < 4.78 is 0.901. The lowest BCUT2D eigenvalue weighted by molar-refractivity contribution is -0.384. The average Bonchev–Trinajstić information content (AvgIpc) is 2.73. The van der Waals surface area contributed by atoms with Gasteiger partial charge in [0.05, 0.1) is 4.92 Å². The summed E-state index contributed by atoms with van der Waals surface area (Å²) in [6, 6.07) is 5.19. The van der Waals surface area contributed by atoms with Crippen molar-refractivity contribution in [1.29, 1.82) is 0 Å². The van der Waals surface area contributed by atoms with E-state index in [4.69, 9.17) is 0 Å². The second-order valence-electron chi connectivity index (χ2n) is 5.42. The van der Waals surface area contributed by atoms with E-state index < -0.39 is 0 Å². The van der Waals surface area contributed by atoms with Crippen LogP contribution < -0.4 is 4.90 Å². The van der Waals surface area contributed by atoms with Crippen molar-refractivity contribution in [3.8, 4) is 0 Å². The van der Waals surface area contributed by atoms with E-state index in [1.54, 1.807) is 12.1 Å². The molecular weight excluding hydrogens is 296 g/mol. The summed E-state index contributed by atoms with van der Waals surface area (Å²) >= 11 is 3.40. The first kappa shape index (κ1) is 12.0. The number of rotatable bonds is 2. The second kappa shape index (κ2) is 4.23. The lowest BCUT2D eigenvalue weighted by Crippen LogP contribution is -2.33. The third-order valence-corrected chi connectivity index (χ3v) is 4.82. The summed E-state index contributed by atoms with van der Waals surface area (Å²) in [5.41, 5.74) is 1.43. The Hall–Kier alpha value is -1.10. The maximum Gasteiger partial charge on any atom is 0.292 e. The zero-order chi connectivity index (χ0) is 12.8. The van der Waals surface area contributed by atoms with Crippen LogP contribution in [0.3, 0.4) is 0 Å². The Morgan fingerprint density at radius 3 is 2.67 bits per heavy atom. The van der Waals surface area contributed by atoms with Crippen molar-refractivity contribution < 1.29 is 4.92 Å². The number of hydrogen-bond donors (Lipinski definition) is 0. The van der Waals surface area contributed by atoms with E-state index in [0.717, 1.165) is 23.2 Å². The molecule has 1 saturated heterocycles. The standard InChI is InChI=1S/C13H15BrN2O2/c14-10-2-3-11(16(17)18)12(8-10)15-7-6-13(9-15)4-1-5-13/h2-3,8H,1,4-7,9H2. The zero-order valence-corrected chi connectivity index (χ0v) is 11.6. The minimum absolute atomic E-state index is 0.217. The quantitative estimate of drug-likeness (QED) is 0.617. The van der Waals surface area contributed by atoms with Gasteiger partial charge in [-0.05, 0) is 36.8 Å². The fraction of sp³-hybridized carbons (Fsp3) is 0.538. The molecule has 5 heteroatoms. The normalized spacial score (nSPS) is 21.1. The molecule has 96 valence electrons. The molecule has 1 aliphatic heterocycles. The first-order valence-corrected chi connectivity index (χ1v) is 7.08. The lowest BCUT2D eigenvalue weighted by atomic mass is 9.68. The molecule has 2 aliphatic rings. The van der Waals surface area contributed by atoms with E-state index in [2.05, 4.69) is 20.8 Å². The average molecular weight is 311 g/mol. The van der Waals surface area contributed by atoms with Crippen LogP contribution in [-0.4, -0.2) is 18.0 Å². The zero-order valence-electron chi connectivity index (χ0n) is 10.1. The van der Waals surface area contributed by atoms with Crippen molar-refractivity contribution in [3.63, 3.8) is 0 Å². The molecule has 1 aromatic rings. The van der Waals surface area contributed by atoms with Gasteiger partial charge in [-0.2, -0.15) is 0 Å². The van der Waals surface area contributed by atoms with E-state index in [1.807, 2.05) is 6.07 Å². The molecule has 0 unspecified atom stereocenters. The van der Waals surface area contributed by atoms with Crippen LogP contribution in [0.2, 0.25) is 0 Å². The topological polar surface area (TPSA) is 46.4 Å². The van der Waals surface area contributed by atoms with Gasteiger partial charge in [-0.15, -0.1) is 0 Å². The summed E-state index contributed by atoms with van der Waals surface area (Å²) in [6.07, 6.45) is 5.06. The highest BCUT2D eigenvalue weighted by Crippen LogP contribution is 2.49. The minimum Gasteiger partial charge on any atom is -0.365 e. The van der Waals surface area contributed by atoms with Crippen molar-refractivity contribution in [1.82, 2.24) is 0 Å². The van der Waals surface area contributed by atoms with Crippen LogP contribution in [0.25, 0.3) is 0 Å². The number of nitrogens with zero attached hydrogens (tertiary/aromatic N) is 2. The van der Waals surface area contributed by atoms with Crippen LogP contribution in [0.4, 0.5) is 11.4 Å². The Morgan fingerprint density at radius 2 is 2.11 bits per heavy atom. The largest absolute Gasteiger partial charge is 0.365 e. The predicted octanol–water partition coefficient (Wildman–Crippen LogP) is 3.74. The van der Waals surface area contributed by atoms with Gasteiger partial charge in [0, 0.05) is 23.6 Å². The van der Waals surface area contributed by atoms with Gasteiger partial charge in [0.2, 0.25) is 0 Å². The molecule has 4 nitrogen and oxygen atoms in total. The van der Waals surface area contributed by atoms with Crippen molar-refractivity contribution >= 4 is 27.3 Å². The van der Waals surface area contributed by atoms with Gasteiger partial charge in [-0.25, -0.2) is 0 Å². The van der Waals surface area contributed by atoms with E-state index >= 15 is 0 Å². The van der Waals surface area contributed by atoms with Crippen LogP contribution >= 0.6 is 15.9 Å². The number of benzene rings is 1. The molecule has 0 radical (unpaired) electrons. The van der Waals surface area contributed by atoms with Gasteiger partial charge >= 0.3 is 0 Å². The van der Waals surface area contributed by atoms with E-state index in [-0.39, 0.29) is 10.6 Å². The molecule has 1 saturated carbocycles. The number of anilines is 1. The van der Waals surface area contributed by atoms with Crippen LogP contribution in [0.15, 0.2) is 22.7 Å². The summed E-state index contributed by atoms with van der Waals surface area (Å²) in [6.45, 7) is 1.92. The van der Waals surface area contributed by atoms with Crippen molar-refractivity contribution in [2.45, 2.75) is 25.7 Å². The third kappa shape index (κ3) is 1.90. The lowest BCUT2D eigenvalue weighted by Gasteiger charge is -2.38. The number of nitro benzene ring substituents is 1. The molecule has 0 N–H and O–H groups in total. The van der Waals surface area contributed by atoms with Gasteiger partial charge < -0.3 is 4.90 Å². The smallest absolute Gasteiger partial charge is 0.292 e. The fourth-order valence-corrected chi connectivity index (χ4v) is 3.48. The maximum absolute atomic E-state index is 11.1. The summed E-state index contributed by atoms with van der Waals surface area (Å²) in [5.74, 6) is 0. The maximum atomic E-state index is 11.1. The van der Waals surface area contributed by atoms with Crippen molar-refractivity contribution in [3.05, 3.63) is 32.8 Å². The molecule has 2 fully saturated rings. The summed E-state index contributed by atoms with van der Waals surface area (Å²) in [5, 5.41) is 11.1. The van der Waals surface area contributed by atoms with Gasteiger partial charge in [0.25, 0.3) is 5.69 Å². The molecule has 0 amide bonds. The third-order valence-electron chi connectivity index (χ3n) is 4.33. The Kier molecular flexibility index (Phi) is 2.81. The minimum atomic E-state index is -0.284. The van der Waals surface area contributed by atoms with Gasteiger partial charge in [0.1, 0.15) is 5.69 Å². The van der Waals surface area contributed by atoms with Crippen molar-refractivity contribution in [2.24, 2.45) is 5.41 Å². The Morgan fingerprint density at radius 1 is 1.33 bits per heavy atom. The molecule has 0 bridgehead atoms. The van der Waals surface area contributed by atoms with Crippen LogP contribution in [0, 0.1) is 15.5 Å². The first-order chi connectivity index (χ1) is 8.60. The van der Waals surface area contributed by atoms with Gasteiger partial charge in [-0.3, -0.25) is 10.1 Å². The SMILES string of the molecule is O=[N+]([O-])c1ccc(Br)cc1N1CCC2(CCC2)C1. The highest BCUT2D eigenvalue weighted by Gasteiger charge is 2.43. The van der Waals surface area contributed by atoms with E-state index in [1.165, 1.54) is 25.7 Å². The first-order valence-electron chi connectivity index (χ1n) is 6.29. The Labute approximate surface area is 114 Å². The highest BCUT2D eigenvalue weighted by atomic mass is 79.9. The molecule has 0 atom stereocenters. The van der Waals surface area contributed by atoms with Gasteiger partial charge in [0.15, 0.2) is 0 Å². The Bertz CT molecular complexity index is 500. The number of hydrogen-bond acceptors (Lipinski definition) is 3. The van der Waals surface area contributed by atoms with Crippen LogP contribution in [0.5, 0.6) is 0 Å². The van der Waals surface area contributed by atoms with Crippen LogP contribution in [0.1, 0.15) is 25.7 Å². The van der Waals surface area contributed by atoms with E-state index in [0.29, 0.717) is 5.41 Å². The molecule has 1 spiro atoms. The monoisotopic (exact) mass is 310 g/mol. The molecule has 1 heterocycles. The number of halogens is 1. The Balaban J connectivity index is 1.91.